The molecule has 2 N–H and O–H groups in total. The van der Waals surface area contributed by atoms with Gasteiger partial charge in [-0.2, -0.15) is 0 Å². The summed E-state index contributed by atoms with van der Waals surface area (Å²) in [4.78, 5) is 18.5. The molecule has 0 bridgehead atoms. The molecule has 1 aliphatic rings. The summed E-state index contributed by atoms with van der Waals surface area (Å²) in [6.07, 6.45) is 1.61. The number of halogens is 2. The minimum Gasteiger partial charge on any atom is -0.357 e. The van der Waals surface area contributed by atoms with E-state index in [0.717, 1.165) is 42.2 Å². The van der Waals surface area contributed by atoms with E-state index >= 15 is 0 Å². The lowest BCUT2D eigenvalue weighted by atomic mass is 9.84. The Morgan fingerprint density at radius 2 is 1.88 bits per heavy atom. The Kier molecular flexibility index (Phi) is 9.93. The SMILES string of the molecule is CCNC(=NCc1cccc(CN2CCCC2=O)c1)NCC(C)(C)c1cccc(F)c1.I. The topological polar surface area (TPSA) is 56.7 Å². The molecular formula is C25H34FIN4O. The highest BCUT2D eigenvalue weighted by atomic mass is 127. The van der Waals surface area contributed by atoms with Gasteiger partial charge >= 0.3 is 0 Å². The van der Waals surface area contributed by atoms with Gasteiger partial charge in [0.2, 0.25) is 5.91 Å². The van der Waals surface area contributed by atoms with Crippen molar-refractivity contribution in [3.8, 4) is 0 Å². The first-order valence-electron chi connectivity index (χ1n) is 11.0. The molecule has 0 saturated carbocycles. The van der Waals surface area contributed by atoms with Crippen molar-refractivity contribution in [1.29, 1.82) is 0 Å². The van der Waals surface area contributed by atoms with Gasteiger partial charge in [-0.25, -0.2) is 9.38 Å². The van der Waals surface area contributed by atoms with Crippen molar-refractivity contribution in [2.75, 3.05) is 19.6 Å². The van der Waals surface area contributed by atoms with Crippen LogP contribution in [-0.4, -0.2) is 36.4 Å². The van der Waals surface area contributed by atoms with E-state index in [1.54, 1.807) is 12.1 Å². The molecular weight excluding hydrogens is 518 g/mol. The molecule has 5 nitrogen and oxygen atoms in total. The molecule has 2 aromatic carbocycles. The summed E-state index contributed by atoms with van der Waals surface area (Å²) in [7, 11) is 0. The van der Waals surface area contributed by atoms with Crippen LogP contribution >= 0.6 is 24.0 Å². The van der Waals surface area contributed by atoms with Gasteiger partial charge in [0.1, 0.15) is 5.82 Å². The second-order valence-corrected chi connectivity index (χ2v) is 8.68. The van der Waals surface area contributed by atoms with Gasteiger partial charge in [-0.3, -0.25) is 4.79 Å². The van der Waals surface area contributed by atoms with E-state index in [9.17, 15) is 9.18 Å². The van der Waals surface area contributed by atoms with Crippen LogP contribution in [0.5, 0.6) is 0 Å². The number of likely N-dealkylation sites (tertiary alicyclic amines) is 1. The number of guanidine groups is 1. The summed E-state index contributed by atoms with van der Waals surface area (Å²) in [6.45, 7) is 9.62. The normalized spacial score (nSPS) is 14.3. The van der Waals surface area contributed by atoms with Crippen molar-refractivity contribution in [3.05, 3.63) is 71.0 Å². The zero-order valence-electron chi connectivity index (χ0n) is 19.2. The van der Waals surface area contributed by atoms with Crippen molar-refractivity contribution in [2.45, 2.75) is 52.1 Å². The molecule has 3 rings (SSSR count). The average Bonchev–Trinajstić information content (AvgIpc) is 3.15. The van der Waals surface area contributed by atoms with Crippen LogP contribution in [0.2, 0.25) is 0 Å². The summed E-state index contributed by atoms with van der Waals surface area (Å²) < 4.78 is 13.6. The maximum Gasteiger partial charge on any atom is 0.222 e. The number of nitrogens with zero attached hydrogens (tertiary/aromatic N) is 2. The molecule has 2 aromatic rings. The Morgan fingerprint density at radius 1 is 1.12 bits per heavy atom. The molecule has 0 radical (unpaired) electrons. The number of carbonyl (C=O) groups excluding carboxylic acids is 1. The third-order valence-corrected chi connectivity index (χ3v) is 5.60. The highest BCUT2D eigenvalue weighted by Crippen LogP contribution is 2.23. The molecule has 1 fully saturated rings. The highest BCUT2D eigenvalue weighted by molar-refractivity contribution is 14.0. The Hall–Kier alpha value is -2.16. The second-order valence-electron chi connectivity index (χ2n) is 8.68. The number of rotatable bonds is 8. The first-order chi connectivity index (χ1) is 14.9. The Labute approximate surface area is 207 Å². The van der Waals surface area contributed by atoms with E-state index in [4.69, 9.17) is 4.99 Å². The van der Waals surface area contributed by atoms with E-state index in [1.165, 1.54) is 6.07 Å². The number of hydrogen-bond donors (Lipinski definition) is 2. The highest BCUT2D eigenvalue weighted by Gasteiger charge is 2.22. The molecule has 0 unspecified atom stereocenters. The summed E-state index contributed by atoms with van der Waals surface area (Å²) in [5, 5.41) is 6.67. The van der Waals surface area contributed by atoms with Crippen LogP contribution in [0, 0.1) is 5.82 Å². The molecule has 1 saturated heterocycles. The molecule has 1 aliphatic heterocycles. The number of aliphatic imine (C=N–C) groups is 1. The van der Waals surface area contributed by atoms with E-state index in [0.29, 0.717) is 26.1 Å². The monoisotopic (exact) mass is 552 g/mol. The molecule has 0 atom stereocenters. The smallest absolute Gasteiger partial charge is 0.222 e. The molecule has 32 heavy (non-hydrogen) atoms. The fraction of sp³-hybridized carbons (Fsp3) is 0.440. The van der Waals surface area contributed by atoms with Gasteiger partial charge < -0.3 is 15.5 Å². The van der Waals surface area contributed by atoms with E-state index in [-0.39, 0.29) is 41.1 Å². The number of carbonyl (C=O) groups is 1. The van der Waals surface area contributed by atoms with Crippen molar-refractivity contribution in [2.24, 2.45) is 4.99 Å². The molecule has 1 heterocycles. The van der Waals surface area contributed by atoms with Crippen molar-refractivity contribution < 1.29 is 9.18 Å². The molecule has 174 valence electrons. The van der Waals surface area contributed by atoms with Crippen LogP contribution in [-0.2, 0) is 23.3 Å². The summed E-state index contributed by atoms with van der Waals surface area (Å²) in [6, 6.07) is 15.0. The summed E-state index contributed by atoms with van der Waals surface area (Å²) in [5.41, 5.74) is 2.93. The Morgan fingerprint density at radius 3 is 2.56 bits per heavy atom. The third kappa shape index (κ3) is 7.46. The Bertz CT molecular complexity index is 932. The van der Waals surface area contributed by atoms with Gasteiger partial charge in [0.05, 0.1) is 6.54 Å². The predicted octanol–water partition coefficient (Wildman–Crippen LogP) is 4.60. The molecule has 0 aromatic heterocycles. The lowest BCUT2D eigenvalue weighted by molar-refractivity contribution is -0.128. The average molecular weight is 552 g/mol. The maximum absolute atomic E-state index is 13.6. The van der Waals surface area contributed by atoms with E-state index in [2.05, 4.69) is 42.7 Å². The molecule has 1 amide bonds. The summed E-state index contributed by atoms with van der Waals surface area (Å²) >= 11 is 0. The fourth-order valence-corrected chi connectivity index (χ4v) is 3.75. The molecule has 7 heteroatoms. The predicted molar refractivity (Wildman–Crippen MR) is 139 cm³/mol. The minimum atomic E-state index is -0.250. The zero-order chi connectivity index (χ0) is 22.3. The van der Waals surface area contributed by atoms with Gasteiger partial charge in [0.15, 0.2) is 5.96 Å². The van der Waals surface area contributed by atoms with Crippen molar-refractivity contribution in [3.63, 3.8) is 0 Å². The van der Waals surface area contributed by atoms with Gasteiger partial charge in [-0.05, 0) is 42.2 Å². The van der Waals surface area contributed by atoms with Crippen LogP contribution in [0.25, 0.3) is 0 Å². The van der Waals surface area contributed by atoms with Crippen LogP contribution in [0.15, 0.2) is 53.5 Å². The minimum absolute atomic E-state index is 0. The fourth-order valence-electron chi connectivity index (χ4n) is 3.75. The maximum atomic E-state index is 13.6. The van der Waals surface area contributed by atoms with Gasteiger partial charge in [0.25, 0.3) is 0 Å². The number of benzene rings is 2. The first kappa shape index (κ1) is 26.1. The van der Waals surface area contributed by atoms with Crippen LogP contribution < -0.4 is 10.6 Å². The zero-order valence-corrected chi connectivity index (χ0v) is 21.5. The quantitative estimate of drug-likeness (QED) is 0.286. The lowest BCUT2D eigenvalue weighted by Crippen LogP contribution is -2.43. The third-order valence-electron chi connectivity index (χ3n) is 5.60. The summed E-state index contributed by atoms with van der Waals surface area (Å²) in [5.74, 6) is 0.747. The van der Waals surface area contributed by atoms with Gasteiger partial charge in [-0.15, -0.1) is 24.0 Å². The number of amides is 1. The van der Waals surface area contributed by atoms with E-state index < -0.39 is 0 Å². The van der Waals surface area contributed by atoms with Crippen molar-refractivity contribution >= 4 is 35.8 Å². The number of nitrogens with one attached hydrogen (secondary N) is 2. The Balaban J connectivity index is 0.00000363. The molecule has 0 spiro atoms. The second kappa shape index (κ2) is 12.2. The number of hydrogen-bond acceptors (Lipinski definition) is 2. The largest absolute Gasteiger partial charge is 0.357 e. The van der Waals surface area contributed by atoms with Gasteiger partial charge in [0, 0.05) is 38.0 Å². The molecule has 0 aliphatic carbocycles. The van der Waals surface area contributed by atoms with Gasteiger partial charge in [-0.1, -0.05) is 50.2 Å². The van der Waals surface area contributed by atoms with Crippen LogP contribution in [0.1, 0.15) is 50.3 Å². The van der Waals surface area contributed by atoms with Crippen LogP contribution in [0.3, 0.4) is 0 Å². The van der Waals surface area contributed by atoms with E-state index in [1.807, 2.05) is 24.0 Å². The lowest BCUT2D eigenvalue weighted by Gasteiger charge is -2.27. The van der Waals surface area contributed by atoms with Crippen molar-refractivity contribution in [1.82, 2.24) is 15.5 Å². The first-order valence-corrected chi connectivity index (χ1v) is 11.0. The van der Waals surface area contributed by atoms with Crippen LogP contribution in [0.4, 0.5) is 4.39 Å². The standard InChI is InChI=1S/C25H33FN4O.HI/c1-4-27-24(29-18-25(2,3)21-10-6-11-22(26)15-21)28-16-19-8-5-9-20(14-19)17-30-13-7-12-23(30)31;/h5-6,8-11,14-15H,4,7,12-13,16-18H2,1-3H3,(H2,27,28,29);1H.